The predicted octanol–water partition coefficient (Wildman–Crippen LogP) is 2.96. The van der Waals surface area contributed by atoms with Gasteiger partial charge in [0.25, 0.3) is 0 Å². The van der Waals surface area contributed by atoms with E-state index >= 15 is 0 Å². The first-order valence-electron chi connectivity index (χ1n) is 6.34. The van der Waals surface area contributed by atoms with Crippen LogP contribution in [0.5, 0.6) is 0 Å². The van der Waals surface area contributed by atoms with Crippen molar-refractivity contribution in [2.75, 3.05) is 25.0 Å². The van der Waals surface area contributed by atoms with Crippen LogP contribution in [-0.2, 0) is 4.79 Å². The Kier molecular flexibility index (Phi) is 5.42. The van der Waals surface area contributed by atoms with Gasteiger partial charge in [-0.05, 0) is 47.0 Å². The molecule has 1 aromatic rings. The molecule has 2 rings (SSSR count). The van der Waals surface area contributed by atoms with Gasteiger partial charge in [-0.1, -0.05) is 15.9 Å². The van der Waals surface area contributed by atoms with Crippen molar-refractivity contribution in [2.24, 2.45) is 0 Å². The largest absolute Gasteiger partial charge is 0.341 e. The van der Waals surface area contributed by atoms with Gasteiger partial charge >= 0.3 is 6.03 Å². The molecule has 108 valence electrons. The number of carbonyl (C=O) groups is 2. The van der Waals surface area contributed by atoms with Crippen molar-refractivity contribution in [3.05, 3.63) is 27.1 Å². The lowest BCUT2D eigenvalue weighted by Gasteiger charge is -2.15. The number of nitrogens with zero attached hydrogens (tertiary/aromatic N) is 1. The number of hydrogen-bond acceptors (Lipinski definition) is 2. The van der Waals surface area contributed by atoms with Crippen LogP contribution >= 0.6 is 31.9 Å². The van der Waals surface area contributed by atoms with E-state index in [4.69, 9.17) is 0 Å². The number of rotatable bonds is 3. The maximum absolute atomic E-state index is 11.8. The zero-order chi connectivity index (χ0) is 14.5. The zero-order valence-electron chi connectivity index (χ0n) is 10.8. The van der Waals surface area contributed by atoms with Gasteiger partial charge in [0.15, 0.2) is 0 Å². The molecule has 20 heavy (non-hydrogen) atoms. The van der Waals surface area contributed by atoms with Gasteiger partial charge in [-0.2, -0.15) is 0 Å². The highest BCUT2D eigenvalue weighted by Crippen LogP contribution is 2.25. The van der Waals surface area contributed by atoms with E-state index in [0.29, 0.717) is 5.69 Å². The van der Waals surface area contributed by atoms with Gasteiger partial charge in [0, 0.05) is 22.0 Å². The molecule has 1 aromatic carbocycles. The summed E-state index contributed by atoms with van der Waals surface area (Å²) in [6, 6.07) is 5.05. The van der Waals surface area contributed by atoms with Crippen molar-refractivity contribution in [3.8, 4) is 0 Å². The van der Waals surface area contributed by atoms with E-state index in [1.165, 1.54) is 0 Å². The van der Waals surface area contributed by atoms with E-state index in [1.807, 2.05) is 12.1 Å². The molecular formula is C13H15Br2N3O2. The summed E-state index contributed by atoms with van der Waals surface area (Å²) in [6.07, 6.45) is 2.09. The number of halogens is 2. The van der Waals surface area contributed by atoms with Gasteiger partial charge in [-0.3, -0.25) is 4.79 Å². The molecule has 1 aliphatic heterocycles. The SMILES string of the molecule is O=C(NCC(=O)N1CCCC1)Nc1ccc(Br)cc1Br. The van der Waals surface area contributed by atoms with Crippen LogP contribution in [-0.4, -0.2) is 36.5 Å². The van der Waals surface area contributed by atoms with Crippen LogP contribution in [0, 0.1) is 0 Å². The van der Waals surface area contributed by atoms with Crippen molar-refractivity contribution < 1.29 is 9.59 Å². The van der Waals surface area contributed by atoms with Crippen LogP contribution in [0.3, 0.4) is 0 Å². The molecule has 1 fully saturated rings. The van der Waals surface area contributed by atoms with Gasteiger partial charge in [-0.15, -0.1) is 0 Å². The normalized spacial score (nSPS) is 14.2. The molecule has 0 saturated carbocycles. The van der Waals surface area contributed by atoms with Crippen LogP contribution in [0.1, 0.15) is 12.8 Å². The molecule has 0 aliphatic carbocycles. The Morgan fingerprint density at radius 3 is 2.55 bits per heavy atom. The summed E-state index contributed by atoms with van der Waals surface area (Å²) < 4.78 is 1.69. The number of amides is 3. The summed E-state index contributed by atoms with van der Waals surface area (Å²) >= 11 is 6.70. The minimum atomic E-state index is -0.388. The molecule has 0 spiro atoms. The fourth-order valence-electron chi connectivity index (χ4n) is 1.99. The van der Waals surface area contributed by atoms with Gasteiger partial charge in [0.2, 0.25) is 5.91 Å². The van der Waals surface area contributed by atoms with Gasteiger partial charge in [-0.25, -0.2) is 4.79 Å². The van der Waals surface area contributed by atoms with Crippen LogP contribution < -0.4 is 10.6 Å². The van der Waals surface area contributed by atoms with E-state index < -0.39 is 0 Å². The smallest absolute Gasteiger partial charge is 0.319 e. The monoisotopic (exact) mass is 403 g/mol. The number of hydrogen-bond donors (Lipinski definition) is 2. The number of likely N-dealkylation sites (tertiary alicyclic amines) is 1. The quantitative estimate of drug-likeness (QED) is 0.813. The van der Waals surface area contributed by atoms with Crippen molar-refractivity contribution in [1.29, 1.82) is 0 Å². The third-order valence-electron chi connectivity index (χ3n) is 3.04. The first kappa shape index (κ1) is 15.3. The molecule has 1 aliphatic rings. The first-order chi connectivity index (χ1) is 9.56. The highest BCUT2D eigenvalue weighted by Gasteiger charge is 2.18. The second-order valence-electron chi connectivity index (χ2n) is 4.52. The summed E-state index contributed by atoms with van der Waals surface area (Å²) in [4.78, 5) is 25.3. The van der Waals surface area contributed by atoms with E-state index in [1.54, 1.807) is 11.0 Å². The van der Waals surface area contributed by atoms with Crippen LogP contribution in [0.2, 0.25) is 0 Å². The molecule has 0 aromatic heterocycles. The van der Waals surface area contributed by atoms with E-state index in [2.05, 4.69) is 42.5 Å². The van der Waals surface area contributed by atoms with Crippen LogP contribution in [0.25, 0.3) is 0 Å². The number of benzene rings is 1. The Morgan fingerprint density at radius 2 is 1.90 bits per heavy atom. The lowest BCUT2D eigenvalue weighted by Crippen LogP contribution is -2.40. The van der Waals surface area contributed by atoms with Crippen molar-refractivity contribution in [1.82, 2.24) is 10.2 Å². The highest BCUT2D eigenvalue weighted by molar-refractivity contribution is 9.11. The predicted molar refractivity (Wildman–Crippen MR) is 84.7 cm³/mol. The molecule has 0 atom stereocenters. The summed E-state index contributed by atoms with van der Waals surface area (Å²) in [5, 5.41) is 5.27. The average Bonchev–Trinajstić information content (AvgIpc) is 2.93. The maximum atomic E-state index is 11.8. The number of nitrogens with one attached hydrogen (secondary N) is 2. The lowest BCUT2D eigenvalue weighted by atomic mass is 10.3. The van der Waals surface area contributed by atoms with E-state index in [9.17, 15) is 9.59 Å². The molecule has 2 N–H and O–H groups in total. The second-order valence-corrected chi connectivity index (χ2v) is 6.29. The Hall–Kier alpha value is -1.08. The molecule has 0 radical (unpaired) electrons. The summed E-state index contributed by atoms with van der Waals surface area (Å²) in [6.45, 7) is 1.61. The molecule has 7 heteroatoms. The first-order valence-corrected chi connectivity index (χ1v) is 7.92. The van der Waals surface area contributed by atoms with Gasteiger partial charge < -0.3 is 15.5 Å². The lowest BCUT2D eigenvalue weighted by molar-refractivity contribution is -0.128. The molecule has 0 bridgehead atoms. The minimum Gasteiger partial charge on any atom is -0.341 e. The molecule has 1 heterocycles. The minimum absolute atomic E-state index is 0.0278. The van der Waals surface area contributed by atoms with E-state index in [0.717, 1.165) is 34.9 Å². The topological polar surface area (TPSA) is 61.4 Å². The number of urea groups is 1. The summed E-state index contributed by atoms with van der Waals surface area (Å²) in [5.41, 5.74) is 0.652. The van der Waals surface area contributed by atoms with Gasteiger partial charge in [0.05, 0.1) is 12.2 Å². The summed E-state index contributed by atoms with van der Waals surface area (Å²) in [7, 11) is 0. The Labute approximate surface area is 134 Å². The highest BCUT2D eigenvalue weighted by atomic mass is 79.9. The third kappa shape index (κ3) is 4.21. The zero-order valence-corrected chi connectivity index (χ0v) is 14.0. The van der Waals surface area contributed by atoms with Crippen molar-refractivity contribution in [3.63, 3.8) is 0 Å². The third-order valence-corrected chi connectivity index (χ3v) is 4.19. The molecule has 3 amide bonds. The maximum Gasteiger partial charge on any atom is 0.319 e. The van der Waals surface area contributed by atoms with Gasteiger partial charge in [0.1, 0.15) is 0 Å². The Balaban J connectivity index is 1.81. The molecule has 0 unspecified atom stereocenters. The number of carbonyl (C=O) groups excluding carboxylic acids is 2. The van der Waals surface area contributed by atoms with Crippen LogP contribution in [0.4, 0.5) is 10.5 Å². The fourth-order valence-corrected chi connectivity index (χ4v) is 3.14. The van der Waals surface area contributed by atoms with Crippen molar-refractivity contribution >= 4 is 49.5 Å². The van der Waals surface area contributed by atoms with E-state index in [-0.39, 0.29) is 18.5 Å². The molecule has 5 nitrogen and oxygen atoms in total. The fraction of sp³-hybridized carbons (Fsp3) is 0.385. The Morgan fingerprint density at radius 1 is 1.20 bits per heavy atom. The Bertz CT molecular complexity index is 516. The average molecular weight is 405 g/mol. The van der Waals surface area contributed by atoms with Crippen molar-refractivity contribution in [2.45, 2.75) is 12.8 Å². The van der Waals surface area contributed by atoms with Crippen LogP contribution in [0.15, 0.2) is 27.1 Å². The standard InChI is InChI=1S/C13H15Br2N3O2/c14-9-3-4-11(10(15)7-9)17-13(20)16-8-12(19)18-5-1-2-6-18/h3-4,7H,1-2,5-6,8H2,(H2,16,17,20). The molecule has 1 saturated heterocycles. The second kappa shape index (κ2) is 7.08. The molecular weight excluding hydrogens is 390 g/mol. The number of anilines is 1. The summed E-state index contributed by atoms with van der Waals surface area (Å²) in [5.74, 6) is -0.0347.